The Kier molecular flexibility index (Phi) is 6.00. The van der Waals surface area contributed by atoms with Crippen LogP contribution in [0.15, 0.2) is 47.1 Å². The normalized spacial score (nSPS) is 15.2. The Morgan fingerprint density at radius 1 is 1.15 bits per heavy atom. The molecule has 0 saturated carbocycles. The number of nitrogens with zero attached hydrogens (tertiary/aromatic N) is 3. The average Bonchev–Trinajstić information content (AvgIpc) is 3.44. The number of rotatable bonds is 5. The summed E-state index contributed by atoms with van der Waals surface area (Å²) in [5.74, 6) is 1.18. The van der Waals surface area contributed by atoms with Crippen molar-refractivity contribution in [2.75, 3.05) is 13.1 Å². The number of carbonyl (C=O) groups is 1. The lowest BCUT2D eigenvalue weighted by atomic mass is 10.0. The lowest BCUT2D eigenvalue weighted by Crippen LogP contribution is -2.44. The predicted octanol–water partition coefficient (Wildman–Crippen LogP) is 5.27. The first kappa shape index (κ1) is 21.8. The van der Waals surface area contributed by atoms with Gasteiger partial charge in [-0.15, -0.1) is 11.3 Å². The highest BCUT2D eigenvalue weighted by atomic mass is 32.1. The van der Waals surface area contributed by atoms with E-state index < -0.39 is 0 Å². The fraction of sp³-hybridized carbons (Fsp3) is 0.346. The van der Waals surface area contributed by atoms with E-state index in [0.717, 1.165) is 58.8 Å². The van der Waals surface area contributed by atoms with Crippen molar-refractivity contribution in [3.8, 4) is 11.6 Å². The summed E-state index contributed by atoms with van der Waals surface area (Å²) in [6.07, 6.45) is 3.54. The number of aromatic nitrogens is 2. The molecule has 0 radical (unpaired) electrons. The summed E-state index contributed by atoms with van der Waals surface area (Å²) in [6.45, 7) is 9.02. The molecule has 1 amide bonds. The topological polar surface area (TPSA) is 71.3 Å². The number of aryl methyl sites for hydroxylation is 3. The van der Waals surface area contributed by atoms with Gasteiger partial charge in [0.25, 0.3) is 5.91 Å². The molecule has 0 atom stereocenters. The molecule has 5 rings (SSSR count). The van der Waals surface area contributed by atoms with Gasteiger partial charge in [-0.05, 0) is 56.9 Å². The van der Waals surface area contributed by atoms with Gasteiger partial charge in [-0.1, -0.05) is 29.8 Å². The molecule has 1 N–H and O–H groups in total. The van der Waals surface area contributed by atoms with Gasteiger partial charge in [0.2, 0.25) is 0 Å². The third-order valence-electron chi connectivity index (χ3n) is 6.33. The fourth-order valence-corrected chi connectivity index (χ4v) is 5.76. The van der Waals surface area contributed by atoms with Crippen molar-refractivity contribution < 1.29 is 9.21 Å². The van der Waals surface area contributed by atoms with Gasteiger partial charge in [0.1, 0.15) is 4.83 Å². The second-order valence-electron chi connectivity index (χ2n) is 8.86. The molecule has 170 valence electrons. The Labute approximate surface area is 197 Å². The minimum absolute atomic E-state index is 0.00779. The molecule has 7 heteroatoms. The standard InChI is InChI=1S/C26H28N4O2S/c1-16-6-4-7-19(14-16)15-30-11-9-20(10-12-30)28-25(31)23-17(2)22-18(3)27-24(29-26(22)33-23)21-8-5-13-32-21/h4-8,13-14,20H,9-12,15H2,1-3H3,(H,28,31). The van der Waals surface area contributed by atoms with Gasteiger partial charge >= 0.3 is 0 Å². The zero-order valence-corrected chi connectivity index (χ0v) is 20.0. The lowest BCUT2D eigenvalue weighted by molar-refractivity contribution is 0.0912. The second kappa shape index (κ2) is 9.08. The van der Waals surface area contributed by atoms with Crippen LogP contribution < -0.4 is 5.32 Å². The molecule has 6 nitrogen and oxygen atoms in total. The number of likely N-dealkylation sites (tertiary alicyclic amines) is 1. The molecule has 4 heterocycles. The van der Waals surface area contributed by atoms with Crippen molar-refractivity contribution in [1.82, 2.24) is 20.2 Å². The molecule has 4 aromatic rings. The number of carbonyl (C=O) groups excluding carboxylic acids is 1. The number of piperidine rings is 1. The number of fused-ring (bicyclic) bond motifs is 1. The van der Waals surface area contributed by atoms with E-state index >= 15 is 0 Å². The monoisotopic (exact) mass is 460 g/mol. The first-order valence-electron chi connectivity index (χ1n) is 11.4. The number of nitrogens with one attached hydrogen (secondary N) is 1. The van der Waals surface area contributed by atoms with E-state index in [0.29, 0.717) is 11.6 Å². The summed E-state index contributed by atoms with van der Waals surface area (Å²) in [5.41, 5.74) is 4.46. The van der Waals surface area contributed by atoms with Crippen molar-refractivity contribution in [3.05, 3.63) is 69.9 Å². The Balaban J connectivity index is 1.26. The summed E-state index contributed by atoms with van der Waals surface area (Å²) >= 11 is 1.43. The maximum Gasteiger partial charge on any atom is 0.261 e. The van der Waals surface area contributed by atoms with E-state index in [1.165, 1.54) is 22.5 Å². The van der Waals surface area contributed by atoms with E-state index in [-0.39, 0.29) is 11.9 Å². The van der Waals surface area contributed by atoms with Crippen LogP contribution in [0.1, 0.15) is 44.9 Å². The van der Waals surface area contributed by atoms with Gasteiger partial charge < -0.3 is 9.73 Å². The number of furan rings is 1. The van der Waals surface area contributed by atoms with Crippen LogP contribution in [0, 0.1) is 20.8 Å². The molecule has 0 bridgehead atoms. The molecule has 3 aromatic heterocycles. The number of hydrogen-bond donors (Lipinski definition) is 1. The van der Waals surface area contributed by atoms with Crippen LogP contribution in [-0.4, -0.2) is 39.9 Å². The molecule has 0 unspecified atom stereocenters. The highest BCUT2D eigenvalue weighted by Crippen LogP contribution is 2.33. The van der Waals surface area contributed by atoms with Gasteiger partial charge in [0.15, 0.2) is 11.6 Å². The van der Waals surface area contributed by atoms with Crippen LogP contribution in [0.5, 0.6) is 0 Å². The maximum absolute atomic E-state index is 13.2. The van der Waals surface area contributed by atoms with Crippen LogP contribution in [0.25, 0.3) is 21.8 Å². The summed E-state index contributed by atoms with van der Waals surface area (Å²) < 4.78 is 5.46. The molecule has 1 aliphatic rings. The lowest BCUT2D eigenvalue weighted by Gasteiger charge is -2.32. The van der Waals surface area contributed by atoms with Crippen molar-refractivity contribution in [2.24, 2.45) is 0 Å². The van der Waals surface area contributed by atoms with Gasteiger partial charge in [-0.2, -0.15) is 0 Å². The zero-order valence-electron chi connectivity index (χ0n) is 19.2. The Hall–Kier alpha value is -3.03. The minimum Gasteiger partial charge on any atom is -0.461 e. The van der Waals surface area contributed by atoms with E-state index in [4.69, 9.17) is 4.42 Å². The Morgan fingerprint density at radius 2 is 1.97 bits per heavy atom. The molecule has 1 aliphatic heterocycles. The van der Waals surface area contributed by atoms with Crippen LogP contribution in [0.4, 0.5) is 0 Å². The molecule has 0 spiro atoms. The van der Waals surface area contributed by atoms with Crippen molar-refractivity contribution in [1.29, 1.82) is 0 Å². The highest BCUT2D eigenvalue weighted by Gasteiger charge is 2.24. The first-order valence-corrected chi connectivity index (χ1v) is 12.2. The van der Waals surface area contributed by atoms with E-state index in [2.05, 4.69) is 51.4 Å². The smallest absolute Gasteiger partial charge is 0.261 e. The molecule has 1 fully saturated rings. The van der Waals surface area contributed by atoms with Crippen LogP contribution in [0.3, 0.4) is 0 Å². The largest absolute Gasteiger partial charge is 0.461 e. The number of thiophene rings is 1. The van der Waals surface area contributed by atoms with Crippen LogP contribution >= 0.6 is 11.3 Å². The van der Waals surface area contributed by atoms with Crippen LogP contribution in [0.2, 0.25) is 0 Å². The Bertz CT molecular complexity index is 1290. The third kappa shape index (κ3) is 4.56. The number of amides is 1. The molecular weight excluding hydrogens is 432 g/mol. The molecular formula is C26H28N4O2S. The van der Waals surface area contributed by atoms with E-state index in [1.54, 1.807) is 6.26 Å². The summed E-state index contributed by atoms with van der Waals surface area (Å²) in [6, 6.07) is 12.6. The summed E-state index contributed by atoms with van der Waals surface area (Å²) in [7, 11) is 0. The third-order valence-corrected chi connectivity index (χ3v) is 7.51. The first-order chi connectivity index (χ1) is 16.0. The number of hydrogen-bond acceptors (Lipinski definition) is 6. The summed E-state index contributed by atoms with van der Waals surface area (Å²) in [4.78, 5) is 26.5. The van der Waals surface area contributed by atoms with Crippen molar-refractivity contribution in [3.63, 3.8) is 0 Å². The maximum atomic E-state index is 13.2. The van der Waals surface area contributed by atoms with Gasteiger partial charge in [0, 0.05) is 31.1 Å². The van der Waals surface area contributed by atoms with Crippen LogP contribution in [-0.2, 0) is 6.54 Å². The van der Waals surface area contributed by atoms with Crippen molar-refractivity contribution >= 4 is 27.5 Å². The summed E-state index contributed by atoms with van der Waals surface area (Å²) in [5, 5.41) is 4.24. The molecule has 1 aromatic carbocycles. The SMILES string of the molecule is Cc1cccc(CN2CCC(NC(=O)c3sc4nc(-c5ccco5)nc(C)c4c3C)CC2)c1. The second-order valence-corrected chi connectivity index (χ2v) is 9.86. The predicted molar refractivity (Wildman–Crippen MR) is 132 cm³/mol. The van der Waals surface area contributed by atoms with Gasteiger partial charge in [-0.3, -0.25) is 9.69 Å². The molecule has 33 heavy (non-hydrogen) atoms. The quantitative estimate of drug-likeness (QED) is 0.439. The average molecular weight is 461 g/mol. The molecule has 1 saturated heterocycles. The Morgan fingerprint density at radius 3 is 2.70 bits per heavy atom. The fourth-order valence-electron chi connectivity index (χ4n) is 4.63. The van der Waals surface area contributed by atoms with E-state index in [1.807, 2.05) is 26.0 Å². The van der Waals surface area contributed by atoms with E-state index in [9.17, 15) is 4.79 Å². The van der Waals surface area contributed by atoms with Crippen molar-refractivity contribution in [2.45, 2.75) is 46.2 Å². The minimum atomic E-state index is -0.00779. The molecule has 0 aliphatic carbocycles. The van der Waals surface area contributed by atoms with Gasteiger partial charge in [0.05, 0.1) is 16.8 Å². The zero-order chi connectivity index (χ0) is 22.9. The highest BCUT2D eigenvalue weighted by molar-refractivity contribution is 7.20. The number of benzene rings is 1. The van der Waals surface area contributed by atoms with Gasteiger partial charge in [-0.25, -0.2) is 9.97 Å².